The summed E-state index contributed by atoms with van der Waals surface area (Å²) in [6, 6.07) is 12.8. The summed E-state index contributed by atoms with van der Waals surface area (Å²) in [5.41, 5.74) is 4.22. The zero-order valence-corrected chi connectivity index (χ0v) is 46.4. The maximum absolute atomic E-state index is 13.7. The number of hydrogen-bond acceptors (Lipinski definition) is 27. The largest absolute Gasteiger partial charge is 0.386 e. The van der Waals surface area contributed by atoms with E-state index in [9.17, 15) is 29.6 Å². The van der Waals surface area contributed by atoms with Gasteiger partial charge in [-0.3, -0.25) is 18.7 Å². The molecule has 14 rings (SSSR count). The zero-order chi connectivity index (χ0) is 55.2. The molecule has 6 N–H and O–H groups in total. The summed E-state index contributed by atoms with van der Waals surface area (Å²) in [6.07, 6.45) is -3.87. The summed E-state index contributed by atoms with van der Waals surface area (Å²) in [5.74, 6) is 1.08. The lowest BCUT2D eigenvalue weighted by Gasteiger charge is -2.27. The molecule has 420 valence electrons. The Morgan fingerprint density at radius 1 is 0.617 bits per heavy atom. The van der Waals surface area contributed by atoms with Crippen molar-refractivity contribution >= 4 is 95.6 Å². The van der Waals surface area contributed by atoms with Crippen LogP contribution in [0.4, 0.5) is 11.6 Å². The Morgan fingerprint density at radius 2 is 1.04 bits per heavy atom. The number of aromatic nitrogens is 10. The predicted molar refractivity (Wildman–Crippen MR) is 282 cm³/mol. The maximum atomic E-state index is 13.7. The number of halogens is 2. The molecule has 0 spiro atoms. The Labute approximate surface area is 474 Å². The topological polar surface area (TPSA) is 369 Å². The highest BCUT2D eigenvalue weighted by Crippen LogP contribution is 2.50. The zero-order valence-electron chi connectivity index (χ0n) is 41.4. The molecular formula is C46H42Br2N16O15P2. The van der Waals surface area contributed by atoms with Crippen molar-refractivity contribution in [1.29, 1.82) is 0 Å². The van der Waals surface area contributed by atoms with E-state index in [1.54, 1.807) is 21.8 Å². The van der Waals surface area contributed by atoms with E-state index in [2.05, 4.69) is 83.1 Å². The summed E-state index contributed by atoms with van der Waals surface area (Å²) in [5, 5.41) is 45.4. The third-order valence-corrected chi connectivity index (χ3v) is 16.7. The van der Waals surface area contributed by atoms with Crippen LogP contribution in [0, 0.1) is 0 Å². The first-order valence-corrected chi connectivity index (χ1v) is 28.8. The van der Waals surface area contributed by atoms with Gasteiger partial charge in [-0.15, -0.1) is 10.2 Å². The second-order valence-electron chi connectivity index (χ2n) is 19.0. The Bertz CT molecular complexity index is 3370. The molecule has 4 aromatic heterocycles. The van der Waals surface area contributed by atoms with Crippen LogP contribution in [0.5, 0.6) is 0 Å². The Hall–Kier alpha value is -5.94. The van der Waals surface area contributed by atoms with Crippen LogP contribution < -0.4 is 10.6 Å². The summed E-state index contributed by atoms with van der Waals surface area (Å²) in [6.45, 7) is 1.79. The number of ketones is 2. The van der Waals surface area contributed by atoms with Gasteiger partial charge in [-0.2, -0.15) is 0 Å². The van der Waals surface area contributed by atoms with E-state index < -0.39 is 78.4 Å². The molecule has 0 saturated carbocycles. The second-order valence-corrected chi connectivity index (χ2v) is 22.3. The lowest BCUT2D eigenvalue weighted by atomic mass is 10.1. The minimum Gasteiger partial charge on any atom is -0.386 e. The fourth-order valence-corrected chi connectivity index (χ4v) is 12.8. The molecule has 35 heteroatoms. The van der Waals surface area contributed by atoms with Crippen LogP contribution in [0.15, 0.2) is 90.4 Å². The number of fused-ring (bicyclic) bond motifs is 6. The number of imidazole rings is 2. The fourth-order valence-electron chi connectivity index (χ4n) is 10.1. The monoisotopic (exact) mass is 1280 g/mol. The van der Waals surface area contributed by atoms with Crippen LogP contribution in [-0.4, -0.2) is 192 Å². The number of aliphatic imine (C=N–C) groups is 4. The molecule has 4 saturated heterocycles. The molecule has 6 aromatic rings. The highest BCUT2D eigenvalue weighted by Gasteiger charge is 2.54. The van der Waals surface area contributed by atoms with Crippen LogP contribution in [0.25, 0.3) is 11.4 Å². The minimum absolute atomic E-state index is 0.0321. The second kappa shape index (κ2) is 21.7. The molecule has 12 heterocycles. The number of carbonyl (C=O) groups excluding carboxylic acids is 2. The Morgan fingerprint density at radius 3 is 1.47 bits per heavy atom. The van der Waals surface area contributed by atoms with Crippen LogP contribution in [0.3, 0.4) is 0 Å². The van der Waals surface area contributed by atoms with Crippen LogP contribution in [0.1, 0.15) is 55.9 Å². The average Bonchev–Trinajstić information content (AvgIpc) is 3.82. The van der Waals surface area contributed by atoms with Gasteiger partial charge >= 0.3 is 17.2 Å². The number of Topliss-reactive ketones (excluding diaryl/α,β-unsaturated/α-hetero) is 2. The molecule has 8 aliphatic rings. The summed E-state index contributed by atoms with van der Waals surface area (Å²) < 4.78 is 57.1. The number of aliphatic hydroxyl groups excluding tert-OH is 2. The first-order chi connectivity index (χ1) is 39.4. The van der Waals surface area contributed by atoms with Gasteiger partial charge in [0.25, 0.3) is 0 Å². The maximum Gasteiger partial charge on any atom is 0.330 e. The van der Waals surface area contributed by atoms with Gasteiger partial charge in [0.15, 0.2) is 57.0 Å². The van der Waals surface area contributed by atoms with Gasteiger partial charge in [0.2, 0.25) is 11.6 Å². The van der Waals surface area contributed by atoms with E-state index in [-0.39, 0.29) is 70.5 Å². The van der Waals surface area contributed by atoms with Gasteiger partial charge in [-0.25, -0.2) is 39.3 Å². The molecule has 4 fully saturated rings. The number of aliphatic hydroxyl groups is 2. The van der Waals surface area contributed by atoms with Crippen molar-refractivity contribution < 1.29 is 71.4 Å². The highest BCUT2D eigenvalue weighted by atomic mass is 79.9. The first kappa shape index (κ1) is 53.1. The quantitative estimate of drug-likeness (QED) is 0.0592. The third-order valence-electron chi connectivity index (χ3n) is 14.0. The van der Waals surface area contributed by atoms with Crippen LogP contribution >= 0.6 is 49.1 Å². The van der Waals surface area contributed by atoms with Gasteiger partial charge in [0, 0.05) is 11.1 Å². The van der Waals surface area contributed by atoms with E-state index in [0.717, 1.165) is 11.4 Å². The minimum atomic E-state index is -2.14. The molecule has 0 bridgehead atoms. The Balaban J connectivity index is 0.506. The van der Waals surface area contributed by atoms with Gasteiger partial charge in [-0.1, -0.05) is 10.4 Å². The molecule has 0 radical (unpaired) electrons. The standard InChI is InChI=1S/C46H42Br2N16O15P2/c47-45-51-29-31(65)27-39(55-41(29)63(45)43-33(67)35-25(76-43)17-74-80(69)78-35)53-37(49-27)19-1-5-23(6-2-19)61-13-21(57-59-61)15-72-11-9-71-10-12-73-16-22-14-62(60-58-22)24-7-3-20(4-8-24)38-50-28-32(66)30-42(56-40(28)54-38)64(46(48)52-30)44-34(68)36-26(77-44)18-75-81(70)79-36/h1-8,13-14,25-28,33-36,43-44,67-70H,9-12,15-18H2,(H,49,53,55)(H,50,54,56)/t25?,26?,27?,28?,33-,34?,35+,36+,43+,44+,80?,81?/m0/s1. The highest BCUT2D eigenvalue weighted by molar-refractivity contribution is 9.10. The summed E-state index contributed by atoms with van der Waals surface area (Å²) in [7, 11) is -4.29. The molecule has 31 nitrogen and oxygen atoms in total. The van der Waals surface area contributed by atoms with Crippen molar-refractivity contribution in [3.05, 3.63) is 104 Å². The van der Waals surface area contributed by atoms with E-state index in [4.69, 9.17) is 51.8 Å². The van der Waals surface area contributed by atoms with Crippen LogP contribution in [0.2, 0.25) is 0 Å². The van der Waals surface area contributed by atoms with Crippen molar-refractivity contribution in [3.8, 4) is 11.4 Å². The van der Waals surface area contributed by atoms with E-state index >= 15 is 0 Å². The number of rotatable bonds is 16. The van der Waals surface area contributed by atoms with Crippen molar-refractivity contribution in [1.82, 2.24) is 59.7 Å². The fraction of sp³-hybridized carbons (Fsp3) is 0.391. The van der Waals surface area contributed by atoms with Crippen molar-refractivity contribution in [2.24, 2.45) is 20.0 Å². The molecule has 81 heavy (non-hydrogen) atoms. The molecule has 8 aliphatic heterocycles. The predicted octanol–water partition coefficient (Wildman–Crippen LogP) is 1.59. The summed E-state index contributed by atoms with van der Waals surface area (Å²) in [4.78, 5) is 74.5. The normalized spacial score (nSPS) is 29.0. The lowest BCUT2D eigenvalue weighted by molar-refractivity contribution is -0.0601. The smallest absolute Gasteiger partial charge is 0.330 e. The van der Waals surface area contributed by atoms with Crippen LogP contribution in [-0.2, 0) is 55.0 Å². The van der Waals surface area contributed by atoms with E-state index in [1.807, 2.05) is 48.5 Å². The molecule has 2 aromatic carbocycles. The number of ether oxygens (including phenoxy) is 5. The molecular weight excluding hydrogens is 1240 g/mol. The third kappa shape index (κ3) is 9.80. The number of hydrogen-bond donors (Lipinski definition) is 6. The number of amidine groups is 4. The van der Waals surface area contributed by atoms with E-state index in [0.29, 0.717) is 72.3 Å². The SMILES string of the molecule is O=C1c2nc(Br)n([C@@H]3OC4COP(O)O[C@H]4C3O)c2N=C2NC(c3ccc(-n4cc(COCCOCCOCc5cn(-c6ccc(C7=NC8C(=O)c9nc(Br)n([C@@H]%10OC%11COP(O)O[C@H]%11[C@@H]%10O)c9N=C8N7)cc6)nn5)nn4)cc3)=NC12. The van der Waals surface area contributed by atoms with Gasteiger partial charge in [0.1, 0.15) is 71.4 Å². The number of benzene rings is 2. The number of nitrogens with zero attached hydrogens (tertiary/aromatic N) is 14. The summed E-state index contributed by atoms with van der Waals surface area (Å²) >= 11 is 6.77. The number of nitrogens with one attached hydrogen (secondary N) is 2. The average molecular weight is 1280 g/mol. The van der Waals surface area contributed by atoms with Crippen molar-refractivity contribution in [2.45, 2.75) is 74.4 Å². The van der Waals surface area contributed by atoms with Gasteiger partial charge in [0.05, 0.1) is 76.6 Å². The Kier molecular flexibility index (Phi) is 14.2. The molecule has 0 amide bonds. The van der Waals surface area contributed by atoms with Gasteiger partial charge < -0.3 is 72.4 Å². The first-order valence-electron chi connectivity index (χ1n) is 24.9. The van der Waals surface area contributed by atoms with E-state index in [1.165, 1.54) is 9.13 Å². The lowest BCUT2D eigenvalue weighted by Crippen LogP contribution is -2.38. The van der Waals surface area contributed by atoms with Crippen molar-refractivity contribution in [2.75, 3.05) is 39.6 Å². The molecule has 12 atom stereocenters. The number of carbonyl (C=O) groups is 2. The van der Waals surface area contributed by atoms with Gasteiger partial charge in [-0.05, 0) is 80.4 Å². The molecule has 0 aliphatic carbocycles. The van der Waals surface area contributed by atoms with Crippen molar-refractivity contribution in [3.63, 3.8) is 0 Å². The molecule has 7 unspecified atom stereocenters.